The van der Waals surface area contributed by atoms with Gasteiger partial charge in [-0.25, -0.2) is 0 Å². The van der Waals surface area contributed by atoms with Crippen LogP contribution in [-0.4, -0.2) is 26.0 Å². The normalized spacial score (nSPS) is 18.8. The Balaban J connectivity index is 7.46. The van der Waals surface area contributed by atoms with Gasteiger partial charge in [-0.1, -0.05) is 111 Å². The molecule has 0 nitrogen and oxygen atoms in total. The maximum absolute atomic E-state index is 4.60. The van der Waals surface area contributed by atoms with Gasteiger partial charge >= 0.3 is 0 Å². The lowest BCUT2D eigenvalue weighted by atomic mass is 10.2. The zero-order valence-electron chi connectivity index (χ0n) is 18.3. The van der Waals surface area contributed by atoms with Crippen molar-refractivity contribution in [2.45, 2.75) is 113 Å². The van der Waals surface area contributed by atoms with Crippen LogP contribution in [0.15, 0.2) is 0 Å². The number of alkyl halides is 1. The van der Waals surface area contributed by atoms with Crippen molar-refractivity contribution in [3.8, 4) is 0 Å². The van der Waals surface area contributed by atoms with Crippen LogP contribution in [0.1, 0.15) is 62.3 Å². The number of hydrogen-bond donors (Lipinski definition) is 0. The van der Waals surface area contributed by atoms with E-state index in [9.17, 15) is 0 Å². The molecule has 0 fully saturated rings. The molecule has 0 amide bonds. The van der Waals surface area contributed by atoms with Crippen LogP contribution in [0.4, 0.5) is 0 Å². The fourth-order valence-corrected chi connectivity index (χ4v) is 52.0. The Labute approximate surface area is 166 Å². The summed E-state index contributed by atoms with van der Waals surface area (Å²) in [5, 5.41) is 0.932. The Bertz CT molecular complexity index is 374. The first-order chi connectivity index (χ1) is 9.50. The molecule has 0 bridgehead atoms. The molecule has 0 aromatic heterocycles. The lowest BCUT2D eigenvalue weighted by Gasteiger charge is -2.71. The first kappa shape index (κ1) is 24.6. The van der Waals surface area contributed by atoms with E-state index in [0.29, 0.717) is 15.1 Å². The lowest BCUT2D eigenvalue weighted by molar-refractivity contribution is 0.526. The highest BCUT2D eigenvalue weighted by Crippen LogP contribution is 2.71. The van der Waals surface area contributed by atoms with Crippen LogP contribution < -0.4 is 0 Å². The van der Waals surface area contributed by atoms with Crippen molar-refractivity contribution in [3.05, 3.63) is 0 Å². The fourth-order valence-electron chi connectivity index (χ4n) is 6.83. The summed E-state index contributed by atoms with van der Waals surface area (Å²) in [6, 6.07) is 0. The van der Waals surface area contributed by atoms with E-state index < -0.39 is 22.8 Å². The van der Waals surface area contributed by atoms with Crippen LogP contribution in [0.25, 0.3) is 0 Å². The molecule has 0 rings (SSSR count). The molecule has 0 heterocycles. The molecule has 23 heavy (non-hydrogen) atoms. The van der Waals surface area contributed by atoms with Crippen LogP contribution in [0.5, 0.6) is 0 Å². The van der Waals surface area contributed by atoms with Gasteiger partial charge in [-0.15, -0.1) is 15.3 Å². The summed E-state index contributed by atoms with van der Waals surface area (Å²) in [7, 11) is -3.45. The minimum absolute atomic E-state index is 0.286. The van der Waals surface area contributed by atoms with Crippen molar-refractivity contribution in [3.63, 3.8) is 0 Å². The summed E-state index contributed by atoms with van der Waals surface area (Å²) < 4.78 is 0.286. The molecule has 0 N–H and O–H groups in total. The van der Waals surface area contributed by atoms with Crippen molar-refractivity contribution < 1.29 is 0 Å². The van der Waals surface area contributed by atoms with Crippen molar-refractivity contribution in [1.82, 2.24) is 0 Å². The third kappa shape index (κ3) is 3.57. The summed E-state index contributed by atoms with van der Waals surface area (Å²) >= 11 is 8.91. The Morgan fingerprint density at radius 1 is 0.565 bits per heavy atom. The van der Waals surface area contributed by atoms with E-state index in [1.807, 2.05) is 0 Å². The van der Waals surface area contributed by atoms with E-state index in [1.165, 1.54) is 0 Å². The molecule has 0 aliphatic heterocycles. The van der Waals surface area contributed by atoms with Gasteiger partial charge in [0.2, 0.25) is 0 Å². The Hall–Kier alpha value is 1.61. The molecular formula is C18H42Br2Si3. The van der Waals surface area contributed by atoms with Crippen LogP contribution in [0.2, 0.25) is 47.8 Å². The first-order valence-electron chi connectivity index (χ1n) is 8.88. The number of halogens is 2. The Kier molecular flexibility index (Phi) is 6.79. The smallest absolute Gasteiger partial charge is 0.126 e. The minimum Gasteiger partial charge on any atom is -0.126 e. The average molecular weight is 503 g/mol. The SMILES string of the molecule is CC(C)(C)[Si](C(C)(C)C)(C(C)(C)C)C(Br)([Si](C)(C)C)[Si](C)(C)Br. The lowest BCUT2D eigenvalue weighted by Crippen LogP contribution is -2.83. The van der Waals surface area contributed by atoms with Crippen molar-refractivity contribution in [1.29, 1.82) is 0 Å². The van der Waals surface area contributed by atoms with Gasteiger partial charge < -0.3 is 0 Å². The molecule has 1 atom stereocenters. The second-order valence-corrected chi connectivity index (χ2v) is 38.4. The largest absolute Gasteiger partial charge is 0.135 e. The highest BCUT2D eigenvalue weighted by molar-refractivity contribution is 9.28. The van der Waals surface area contributed by atoms with Crippen LogP contribution in [-0.2, 0) is 0 Å². The molecule has 140 valence electrons. The maximum atomic E-state index is 4.60. The third-order valence-electron chi connectivity index (χ3n) is 5.74. The zero-order chi connectivity index (χ0) is 19.5. The molecule has 0 saturated heterocycles. The van der Waals surface area contributed by atoms with Gasteiger partial charge in [0.25, 0.3) is 0 Å². The molecule has 0 saturated carbocycles. The van der Waals surface area contributed by atoms with Gasteiger partial charge in [-0.3, -0.25) is 0 Å². The molecule has 0 radical (unpaired) electrons. The zero-order valence-corrected chi connectivity index (χ0v) is 24.4. The van der Waals surface area contributed by atoms with Gasteiger partial charge in [0.05, 0.1) is 16.1 Å². The second-order valence-electron chi connectivity index (χ2n) is 11.9. The van der Waals surface area contributed by atoms with E-state index >= 15 is 0 Å². The Morgan fingerprint density at radius 2 is 0.783 bits per heavy atom. The summed E-state index contributed by atoms with van der Waals surface area (Å²) in [5.74, 6) is 0. The van der Waals surface area contributed by atoms with Gasteiger partial charge in [0.15, 0.2) is 0 Å². The molecule has 0 spiro atoms. The quantitative estimate of drug-likeness (QED) is 0.206. The fraction of sp³-hybridized carbons (Fsp3) is 1.00. The molecular weight excluding hydrogens is 460 g/mol. The molecule has 0 aliphatic carbocycles. The summed E-state index contributed by atoms with van der Waals surface area (Å²) in [5.41, 5.74) is 0. The molecule has 0 aromatic carbocycles. The van der Waals surface area contributed by atoms with Gasteiger partial charge in [0.1, 0.15) is 6.69 Å². The van der Waals surface area contributed by atoms with Gasteiger partial charge in [-0.2, -0.15) is 0 Å². The molecule has 5 heteroatoms. The molecule has 1 unspecified atom stereocenters. The first-order valence-corrected chi connectivity index (χ1v) is 20.4. The molecule has 0 aromatic rings. The minimum atomic E-state index is -1.93. The predicted molar refractivity (Wildman–Crippen MR) is 126 cm³/mol. The van der Waals surface area contributed by atoms with Crippen LogP contribution >= 0.6 is 31.2 Å². The van der Waals surface area contributed by atoms with E-state index in [2.05, 4.69) is 126 Å². The van der Waals surface area contributed by atoms with E-state index in [1.54, 1.807) is 0 Å². The number of rotatable bonds is 3. The highest BCUT2D eigenvalue weighted by Gasteiger charge is 2.75. The average Bonchev–Trinajstić information content (AvgIpc) is 2.05. The van der Waals surface area contributed by atoms with Gasteiger partial charge in [0, 0.05) is 3.19 Å². The monoisotopic (exact) mass is 500 g/mol. The van der Waals surface area contributed by atoms with Crippen molar-refractivity contribution in [2.24, 2.45) is 0 Å². The van der Waals surface area contributed by atoms with Crippen molar-refractivity contribution >= 4 is 54.1 Å². The maximum Gasteiger partial charge on any atom is 0.135 e. The standard InChI is InChI=1S/C18H42Br2Si3/c1-15(2,3)23(16(4,5)6,17(7,8)9)18(19,21(10,11)12)22(13,14)20/h1-14H3. The Morgan fingerprint density at radius 3 is 0.826 bits per heavy atom. The van der Waals surface area contributed by atoms with Crippen LogP contribution in [0.3, 0.4) is 0 Å². The second kappa shape index (κ2) is 6.35. The van der Waals surface area contributed by atoms with Crippen LogP contribution in [0, 0.1) is 0 Å². The van der Waals surface area contributed by atoms with E-state index in [4.69, 9.17) is 0 Å². The van der Waals surface area contributed by atoms with Gasteiger partial charge in [-0.05, 0) is 15.1 Å². The summed E-state index contributed by atoms with van der Waals surface area (Å²) in [6.45, 7) is 33.9. The van der Waals surface area contributed by atoms with Crippen molar-refractivity contribution in [2.75, 3.05) is 0 Å². The molecule has 0 aliphatic rings. The highest BCUT2D eigenvalue weighted by atomic mass is 79.9. The van der Waals surface area contributed by atoms with E-state index in [0.717, 1.165) is 0 Å². The topological polar surface area (TPSA) is 0 Å². The van der Waals surface area contributed by atoms with E-state index in [-0.39, 0.29) is 3.19 Å². The summed E-state index contributed by atoms with van der Waals surface area (Å²) in [4.78, 5) is 0. The summed E-state index contributed by atoms with van der Waals surface area (Å²) in [6.07, 6.45) is 0. The number of hydrogen-bond acceptors (Lipinski definition) is 0. The predicted octanol–water partition coefficient (Wildman–Crippen LogP) is 8.53. The third-order valence-corrected chi connectivity index (χ3v) is 41.6.